The van der Waals surface area contributed by atoms with E-state index in [0.717, 1.165) is 27.7 Å². The largest absolute Gasteiger partial charge is 0.390 e. The molecule has 0 amide bonds. The maximum Gasteiger partial charge on any atom is 0.227 e. The average molecular weight is 477 g/mol. The molecule has 0 spiro atoms. The first kappa shape index (κ1) is 23.1. The summed E-state index contributed by atoms with van der Waals surface area (Å²) in [6.45, 7) is 6.15. The number of aryl methyl sites for hydroxylation is 1. The summed E-state index contributed by atoms with van der Waals surface area (Å²) >= 11 is 0. The number of pyridine rings is 2. The van der Waals surface area contributed by atoms with E-state index < -0.39 is 11.8 Å². The first-order valence-corrected chi connectivity index (χ1v) is 11.7. The number of nitrogens with one attached hydrogen (secondary N) is 1. The molecule has 0 aromatic carbocycles. The van der Waals surface area contributed by atoms with Gasteiger partial charge in [-0.05, 0) is 37.5 Å². The number of fused-ring (bicyclic) bond motifs is 1. The van der Waals surface area contributed by atoms with Gasteiger partial charge >= 0.3 is 0 Å². The van der Waals surface area contributed by atoms with E-state index in [0.29, 0.717) is 30.5 Å². The third-order valence-corrected chi connectivity index (χ3v) is 6.39. The number of aliphatic hydroxyl groups is 1. The highest BCUT2D eigenvalue weighted by Crippen LogP contribution is 2.33. The Balaban J connectivity index is 1.47. The topological polar surface area (TPSA) is 105 Å². The normalized spacial score (nSPS) is 20.5. The van der Waals surface area contributed by atoms with Crippen LogP contribution < -0.4 is 10.2 Å². The highest BCUT2D eigenvalue weighted by Gasteiger charge is 2.39. The number of aliphatic hydroxyl groups excluding tert-OH is 1. The molecule has 0 radical (unpaired) electrons. The first-order valence-electron chi connectivity index (χ1n) is 11.7. The highest BCUT2D eigenvalue weighted by molar-refractivity contribution is 5.97. The molecule has 0 unspecified atom stereocenters. The van der Waals surface area contributed by atoms with Gasteiger partial charge in [0.05, 0.1) is 24.0 Å². The van der Waals surface area contributed by atoms with Crippen LogP contribution in [-0.2, 0) is 7.05 Å². The van der Waals surface area contributed by atoms with Crippen LogP contribution >= 0.6 is 0 Å². The van der Waals surface area contributed by atoms with E-state index in [9.17, 15) is 9.50 Å². The van der Waals surface area contributed by atoms with Crippen LogP contribution in [0.15, 0.2) is 43.0 Å². The summed E-state index contributed by atoms with van der Waals surface area (Å²) in [5.41, 5.74) is 1.03. The number of halogens is 1. The number of nitrogens with zero attached hydrogens (tertiary/aromatic N) is 7. The van der Waals surface area contributed by atoms with Gasteiger partial charge in [-0.15, -0.1) is 0 Å². The lowest BCUT2D eigenvalue weighted by Crippen LogP contribution is -2.52. The van der Waals surface area contributed by atoms with Crippen molar-refractivity contribution in [1.29, 1.82) is 0 Å². The number of alkyl halides is 1. The van der Waals surface area contributed by atoms with Crippen LogP contribution in [0.5, 0.6) is 0 Å². The van der Waals surface area contributed by atoms with Gasteiger partial charge in [0, 0.05) is 54.7 Å². The molecule has 0 aliphatic carbocycles. The van der Waals surface area contributed by atoms with Gasteiger partial charge in [0.25, 0.3) is 0 Å². The Morgan fingerprint density at radius 1 is 1.14 bits per heavy atom. The Morgan fingerprint density at radius 2 is 1.97 bits per heavy atom. The summed E-state index contributed by atoms with van der Waals surface area (Å²) in [6, 6.07) is 5.68. The molecular formula is C25H29FN8O. The van der Waals surface area contributed by atoms with Gasteiger partial charge in [0.1, 0.15) is 11.6 Å². The van der Waals surface area contributed by atoms with E-state index in [1.165, 1.54) is 6.92 Å². The fourth-order valence-corrected chi connectivity index (χ4v) is 4.46. The minimum absolute atomic E-state index is 0.0333. The smallest absolute Gasteiger partial charge is 0.227 e. The monoisotopic (exact) mass is 476 g/mol. The second-order valence-corrected chi connectivity index (χ2v) is 9.57. The number of hydrogen-bond donors (Lipinski definition) is 2. The molecule has 1 fully saturated rings. The van der Waals surface area contributed by atoms with Crippen molar-refractivity contribution in [2.75, 3.05) is 23.3 Å². The Labute approximate surface area is 203 Å². The molecule has 2 atom stereocenters. The van der Waals surface area contributed by atoms with Crippen molar-refractivity contribution >= 4 is 28.4 Å². The molecule has 35 heavy (non-hydrogen) atoms. The molecule has 10 heteroatoms. The zero-order valence-electron chi connectivity index (χ0n) is 20.3. The molecule has 2 N–H and O–H groups in total. The second-order valence-electron chi connectivity index (χ2n) is 9.57. The fourth-order valence-electron chi connectivity index (χ4n) is 4.46. The van der Waals surface area contributed by atoms with Crippen LogP contribution in [0.2, 0.25) is 0 Å². The van der Waals surface area contributed by atoms with Crippen molar-refractivity contribution in [2.24, 2.45) is 7.05 Å². The van der Waals surface area contributed by atoms with Crippen LogP contribution in [0.1, 0.15) is 38.8 Å². The summed E-state index contributed by atoms with van der Waals surface area (Å²) in [5, 5.41) is 19.7. The summed E-state index contributed by atoms with van der Waals surface area (Å²) in [7, 11) is 1.89. The molecule has 5 rings (SSSR count). The lowest BCUT2D eigenvalue weighted by Gasteiger charge is -2.38. The molecular weight excluding hydrogens is 447 g/mol. The number of anilines is 3. The molecule has 1 aliphatic rings. The van der Waals surface area contributed by atoms with Gasteiger partial charge < -0.3 is 15.3 Å². The number of rotatable bonds is 5. The molecule has 0 saturated carbocycles. The Hall–Kier alpha value is -3.66. The summed E-state index contributed by atoms with van der Waals surface area (Å²) in [4.78, 5) is 20.0. The van der Waals surface area contributed by atoms with E-state index in [4.69, 9.17) is 4.98 Å². The van der Waals surface area contributed by atoms with Crippen LogP contribution in [0.25, 0.3) is 22.0 Å². The first-order chi connectivity index (χ1) is 16.7. The van der Waals surface area contributed by atoms with Crippen molar-refractivity contribution in [1.82, 2.24) is 29.7 Å². The zero-order chi connectivity index (χ0) is 24.7. The number of piperidine rings is 1. The Morgan fingerprint density at radius 3 is 2.69 bits per heavy atom. The molecule has 0 bridgehead atoms. The molecule has 9 nitrogen and oxygen atoms in total. The zero-order valence-corrected chi connectivity index (χ0v) is 20.3. The predicted octanol–water partition coefficient (Wildman–Crippen LogP) is 3.99. The molecule has 1 aliphatic heterocycles. The summed E-state index contributed by atoms with van der Waals surface area (Å²) in [6.07, 6.45) is 6.57. The van der Waals surface area contributed by atoms with Crippen LogP contribution in [-0.4, -0.2) is 59.7 Å². The Kier molecular flexibility index (Phi) is 5.84. The van der Waals surface area contributed by atoms with Gasteiger partial charge in [-0.25, -0.2) is 14.4 Å². The molecule has 5 heterocycles. The standard InChI is InChI=1S/C25H29FN8O/c1-15(2)23-16-11-22(28-12-17(16)18(13-29-23)19-6-9-33(4)32-19)30-21-5-8-27-24(31-21)34-10-7-20(35)25(3,26)14-34/h5-6,8-9,11-13,15,20,35H,7,10,14H2,1-4H3,(H,27,28,30,31)/t20-,25+/m1/s1. The van der Waals surface area contributed by atoms with E-state index >= 15 is 0 Å². The van der Waals surface area contributed by atoms with Crippen molar-refractivity contribution in [3.05, 3.63) is 48.7 Å². The highest BCUT2D eigenvalue weighted by atomic mass is 19.1. The fraction of sp³-hybridized carbons (Fsp3) is 0.400. The van der Waals surface area contributed by atoms with Crippen molar-refractivity contribution in [3.63, 3.8) is 0 Å². The quantitative estimate of drug-likeness (QED) is 0.446. The van der Waals surface area contributed by atoms with Gasteiger partial charge in [-0.3, -0.25) is 9.67 Å². The van der Waals surface area contributed by atoms with E-state index in [2.05, 4.69) is 39.2 Å². The van der Waals surface area contributed by atoms with E-state index in [1.807, 2.05) is 37.8 Å². The van der Waals surface area contributed by atoms with Crippen LogP contribution in [0, 0.1) is 0 Å². The molecule has 1 saturated heterocycles. The maximum absolute atomic E-state index is 14.7. The summed E-state index contributed by atoms with van der Waals surface area (Å²) < 4.78 is 16.4. The SMILES string of the molecule is CC(C)c1ncc(-c2ccn(C)n2)c2cnc(Nc3ccnc(N4CC[C@@H](O)[C@@](C)(F)C4)n3)cc12. The van der Waals surface area contributed by atoms with Gasteiger partial charge in [0.2, 0.25) is 5.95 Å². The average Bonchev–Trinajstić information content (AvgIpc) is 3.26. The second kappa shape index (κ2) is 8.84. The third kappa shape index (κ3) is 4.53. The molecule has 4 aromatic rings. The molecule has 4 aromatic heterocycles. The number of aromatic nitrogens is 6. The summed E-state index contributed by atoms with van der Waals surface area (Å²) in [5.74, 6) is 1.80. The minimum Gasteiger partial charge on any atom is -0.390 e. The maximum atomic E-state index is 14.7. The lowest BCUT2D eigenvalue weighted by atomic mass is 9.94. The lowest BCUT2D eigenvalue weighted by molar-refractivity contribution is -0.00860. The van der Waals surface area contributed by atoms with Gasteiger partial charge in [-0.1, -0.05) is 13.8 Å². The van der Waals surface area contributed by atoms with Gasteiger partial charge in [0.15, 0.2) is 5.67 Å². The predicted molar refractivity (Wildman–Crippen MR) is 133 cm³/mol. The van der Waals surface area contributed by atoms with Gasteiger partial charge in [-0.2, -0.15) is 10.1 Å². The van der Waals surface area contributed by atoms with Crippen LogP contribution in [0.4, 0.5) is 22.0 Å². The van der Waals surface area contributed by atoms with Crippen molar-refractivity contribution in [2.45, 2.75) is 44.9 Å². The minimum atomic E-state index is -1.71. The molecule has 182 valence electrons. The van der Waals surface area contributed by atoms with E-state index in [-0.39, 0.29) is 12.5 Å². The van der Waals surface area contributed by atoms with E-state index in [1.54, 1.807) is 21.8 Å². The Bertz CT molecular complexity index is 1370. The van der Waals surface area contributed by atoms with Crippen molar-refractivity contribution < 1.29 is 9.50 Å². The number of hydrogen-bond acceptors (Lipinski definition) is 8. The third-order valence-electron chi connectivity index (χ3n) is 6.39. The van der Waals surface area contributed by atoms with Crippen molar-refractivity contribution in [3.8, 4) is 11.3 Å². The van der Waals surface area contributed by atoms with Crippen LogP contribution in [0.3, 0.4) is 0 Å².